The lowest BCUT2D eigenvalue weighted by atomic mass is 9.90. The summed E-state index contributed by atoms with van der Waals surface area (Å²) in [5.41, 5.74) is 4.88. The topological polar surface area (TPSA) is 40.5 Å². The molecule has 120 valence electrons. The maximum Gasteiger partial charge on any atom is 0.0586 e. The maximum atomic E-state index is 9.92. The Morgan fingerprint density at radius 2 is 1.77 bits per heavy atom. The van der Waals surface area contributed by atoms with Crippen LogP contribution in [0.5, 0.6) is 0 Å². The average Bonchev–Trinajstić information content (AvgIpc) is 2.46. The fourth-order valence-corrected chi connectivity index (χ4v) is 3.39. The predicted molar refractivity (Wildman–Crippen MR) is 97.0 cm³/mol. The Bertz CT molecular complexity index is 642. The summed E-state index contributed by atoms with van der Waals surface area (Å²) in [7, 11) is -2.69. The highest BCUT2D eigenvalue weighted by Crippen LogP contribution is 2.45. The van der Waals surface area contributed by atoms with Crippen LogP contribution in [0.4, 0.5) is 0 Å². The molecule has 0 unspecified atom stereocenters. The van der Waals surface area contributed by atoms with Gasteiger partial charge in [-0.2, -0.15) is 10.6 Å². The van der Waals surface area contributed by atoms with E-state index in [1.54, 1.807) is 6.07 Å². The minimum absolute atomic E-state index is 0.427. The summed E-state index contributed by atoms with van der Waals surface area (Å²) < 4.78 is 19.8. The van der Waals surface area contributed by atoms with E-state index < -0.39 is 10.6 Å². The summed E-state index contributed by atoms with van der Waals surface area (Å²) in [5, 5.41) is 0. The number of hydrogen-bond donors (Lipinski definition) is 2. The van der Waals surface area contributed by atoms with Gasteiger partial charge in [-0.15, -0.1) is 0 Å². The van der Waals surface area contributed by atoms with E-state index in [1.165, 1.54) is 22.9 Å². The first-order valence-electron chi connectivity index (χ1n) is 7.79. The second-order valence-corrected chi connectivity index (χ2v) is 8.33. The lowest BCUT2D eigenvalue weighted by molar-refractivity contribution is 0.495. The van der Waals surface area contributed by atoms with Crippen molar-refractivity contribution in [1.29, 1.82) is 0 Å². The number of hydrogen-bond acceptors (Lipinski definition) is 2. The third kappa shape index (κ3) is 3.92. The molecule has 0 aliphatic carbocycles. The van der Waals surface area contributed by atoms with E-state index in [9.17, 15) is 9.11 Å². The van der Waals surface area contributed by atoms with E-state index in [-0.39, 0.29) is 0 Å². The third-order valence-corrected chi connectivity index (χ3v) is 5.02. The van der Waals surface area contributed by atoms with Gasteiger partial charge in [0.25, 0.3) is 0 Å². The van der Waals surface area contributed by atoms with Gasteiger partial charge in [-0.3, -0.25) is 9.11 Å². The molecular formula is C19H26O2S. The fourth-order valence-electron chi connectivity index (χ4n) is 2.71. The third-order valence-electron chi connectivity index (χ3n) is 3.87. The highest BCUT2D eigenvalue weighted by Gasteiger charge is 2.13. The Hall–Kier alpha value is -1.29. The summed E-state index contributed by atoms with van der Waals surface area (Å²) in [6, 6.07) is 14.3. The smallest absolute Gasteiger partial charge is 0.0586 e. The van der Waals surface area contributed by atoms with Crippen LogP contribution in [0.3, 0.4) is 0 Å². The van der Waals surface area contributed by atoms with Crippen LogP contribution >= 0.6 is 10.6 Å². The van der Waals surface area contributed by atoms with Crippen LogP contribution in [-0.2, 0) is 6.42 Å². The Balaban J connectivity index is 2.57. The summed E-state index contributed by atoms with van der Waals surface area (Å²) in [4.78, 5) is 0.598. The van der Waals surface area contributed by atoms with Crippen molar-refractivity contribution >= 4 is 10.6 Å². The number of rotatable bonds is 5. The maximum absolute atomic E-state index is 9.92. The van der Waals surface area contributed by atoms with Gasteiger partial charge in [0.15, 0.2) is 0 Å². The van der Waals surface area contributed by atoms with Crippen molar-refractivity contribution in [2.75, 3.05) is 6.26 Å². The molecule has 0 amide bonds. The molecule has 2 aromatic rings. The van der Waals surface area contributed by atoms with E-state index in [0.29, 0.717) is 10.8 Å². The van der Waals surface area contributed by atoms with Crippen LogP contribution in [0.15, 0.2) is 47.4 Å². The van der Waals surface area contributed by atoms with Crippen LogP contribution in [0.1, 0.15) is 44.2 Å². The van der Waals surface area contributed by atoms with Gasteiger partial charge in [0.05, 0.1) is 4.90 Å². The van der Waals surface area contributed by atoms with Crippen molar-refractivity contribution in [3.8, 4) is 11.1 Å². The minimum Gasteiger partial charge on any atom is -0.295 e. The zero-order chi connectivity index (χ0) is 16.3. The number of benzene rings is 2. The minimum atomic E-state index is -2.69. The second-order valence-electron chi connectivity index (χ2n) is 6.19. The summed E-state index contributed by atoms with van der Waals surface area (Å²) in [5.74, 6) is 0.427. The van der Waals surface area contributed by atoms with Crippen molar-refractivity contribution in [2.45, 2.75) is 44.4 Å². The zero-order valence-corrected chi connectivity index (χ0v) is 14.7. The van der Waals surface area contributed by atoms with Gasteiger partial charge in [-0.25, -0.2) is 0 Å². The SMILES string of the molecule is CCCc1ccc(C(C)C)c(-c2cccc(S(C)(O)O)c2)c1. The molecule has 0 aromatic heterocycles. The van der Waals surface area contributed by atoms with Gasteiger partial charge in [0.1, 0.15) is 0 Å². The molecule has 0 bridgehead atoms. The van der Waals surface area contributed by atoms with E-state index in [4.69, 9.17) is 0 Å². The van der Waals surface area contributed by atoms with Gasteiger partial charge in [-0.1, -0.05) is 57.5 Å². The Kier molecular flexibility index (Phi) is 5.32. The average molecular weight is 318 g/mol. The molecule has 0 heterocycles. The summed E-state index contributed by atoms with van der Waals surface area (Å²) in [6.07, 6.45) is 3.66. The highest BCUT2D eigenvalue weighted by molar-refractivity contribution is 8.23. The van der Waals surface area contributed by atoms with Crippen molar-refractivity contribution in [2.24, 2.45) is 0 Å². The van der Waals surface area contributed by atoms with Crippen molar-refractivity contribution in [3.05, 3.63) is 53.6 Å². The monoisotopic (exact) mass is 318 g/mol. The molecule has 22 heavy (non-hydrogen) atoms. The first-order chi connectivity index (χ1) is 10.3. The van der Waals surface area contributed by atoms with Crippen LogP contribution < -0.4 is 0 Å². The quantitative estimate of drug-likeness (QED) is 0.692. The van der Waals surface area contributed by atoms with Gasteiger partial charge < -0.3 is 0 Å². The van der Waals surface area contributed by atoms with Crippen molar-refractivity contribution in [1.82, 2.24) is 0 Å². The Labute approximate surface area is 135 Å². The van der Waals surface area contributed by atoms with Crippen molar-refractivity contribution < 1.29 is 9.11 Å². The summed E-state index contributed by atoms with van der Waals surface area (Å²) >= 11 is 0. The molecule has 2 N–H and O–H groups in total. The molecule has 0 aliphatic rings. The van der Waals surface area contributed by atoms with E-state index in [2.05, 4.69) is 39.0 Å². The highest BCUT2D eigenvalue weighted by atomic mass is 32.3. The molecule has 0 fully saturated rings. The molecule has 2 aromatic carbocycles. The van der Waals surface area contributed by atoms with Crippen LogP contribution in [0.25, 0.3) is 11.1 Å². The molecule has 0 radical (unpaired) electrons. The lowest BCUT2D eigenvalue weighted by Gasteiger charge is -2.27. The second kappa shape index (κ2) is 6.86. The largest absolute Gasteiger partial charge is 0.295 e. The molecule has 0 atom stereocenters. The van der Waals surface area contributed by atoms with E-state index in [0.717, 1.165) is 18.4 Å². The van der Waals surface area contributed by atoms with Gasteiger partial charge in [0.2, 0.25) is 0 Å². The Morgan fingerprint density at radius 1 is 1.05 bits per heavy atom. The number of aryl methyl sites for hydroxylation is 1. The molecule has 2 rings (SSSR count). The molecule has 0 saturated carbocycles. The van der Waals surface area contributed by atoms with E-state index >= 15 is 0 Å². The zero-order valence-electron chi connectivity index (χ0n) is 13.8. The normalized spacial score (nSPS) is 12.7. The summed E-state index contributed by atoms with van der Waals surface area (Å²) in [6.45, 7) is 6.56. The molecule has 0 spiro atoms. The molecule has 3 heteroatoms. The predicted octanol–water partition coefficient (Wildman–Crippen LogP) is 6.17. The van der Waals surface area contributed by atoms with Crippen molar-refractivity contribution in [3.63, 3.8) is 0 Å². The Morgan fingerprint density at radius 3 is 2.36 bits per heavy atom. The van der Waals surface area contributed by atoms with Crippen LogP contribution in [0.2, 0.25) is 0 Å². The molecule has 2 nitrogen and oxygen atoms in total. The lowest BCUT2D eigenvalue weighted by Crippen LogP contribution is -1.98. The van der Waals surface area contributed by atoms with Gasteiger partial charge in [0, 0.05) is 6.26 Å². The molecule has 0 saturated heterocycles. The first kappa shape index (κ1) is 17.1. The standard InChI is InChI=1S/C19H26O2S/c1-5-7-15-10-11-18(14(2)3)19(12-15)16-8-6-9-17(13-16)22(4,20)21/h6,8-14,20-21H,5,7H2,1-4H3. The molecule has 0 aliphatic heterocycles. The van der Waals surface area contributed by atoms with E-state index in [1.807, 2.05) is 18.2 Å². The fraction of sp³-hybridized carbons (Fsp3) is 0.368. The first-order valence-corrected chi connectivity index (χ1v) is 9.75. The van der Waals surface area contributed by atoms with Crippen LogP contribution in [0, 0.1) is 0 Å². The van der Waals surface area contributed by atoms with Crippen LogP contribution in [-0.4, -0.2) is 15.4 Å². The molecular weight excluding hydrogens is 292 g/mol. The van der Waals surface area contributed by atoms with Gasteiger partial charge in [-0.05, 0) is 46.7 Å². The van der Waals surface area contributed by atoms with Gasteiger partial charge >= 0.3 is 0 Å².